The molecule has 8 heteroatoms. The van der Waals surface area contributed by atoms with Crippen molar-refractivity contribution < 1.29 is 18.0 Å². The fourth-order valence-corrected chi connectivity index (χ4v) is 3.43. The molecule has 0 aliphatic rings. The zero-order valence-electron chi connectivity index (χ0n) is 9.44. The van der Waals surface area contributed by atoms with Crippen LogP contribution in [0.3, 0.4) is 0 Å². The molecule has 1 aromatic carbocycles. The Hall–Kier alpha value is -1.000. The molecule has 0 atom stereocenters. The maximum absolute atomic E-state index is 11.4. The second-order valence-electron chi connectivity index (χ2n) is 3.39. The number of Topliss-reactive ketones (excluding diaryl/α,β-unsaturated/α-hetero) is 1. The SMILES string of the molecule is CCC(=O)C(=O)Nc1cccc(I)c1S(N)(=O)=O. The van der Waals surface area contributed by atoms with E-state index in [1.807, 2.05) is 0 Å². The molecule has 98 valence electrons. The van der Waals surface area contributed by atoms with Crippen molar-refractivity contribution in [3.05, 3.63) is 21.8 Å². The normalized spacial score (nSPS) is 11.1. The quantitative estimate of drug-likeness (QED) is 0.595. The van der Waals surface area contributed by atoms with Gasteiger partial charge in [-0.05, 0) is 34.7 Å². The topological polar surface area (TPSA) is 106 Å². The summed E-state index contributed by atoms with van der Waals surface area (Å²) in [5.74, 6) is -1.49. The van der Waals surface area contributed by atoms with Gasteiger partial charge in [0.05, 0.1) is 5.69 Å². The number of benzene rings is 1. The van der Waals surface area contributed by atoms with Crippen molar-refractivity contribution in [1.82, 2.24) is 0 Å². The summed E-state index contributed by atoms with van der Waals surface area (Å²) in [6.07, 6.45) is 0.0421. The molecule has 1 aromatic rings. The molecule has 0 heterocycles. The van der Waals surface area contributed by atoms with Crippen LogP contribution in [0, 0.1) is 3.57 Å². The molecular formula is C10H11IN2O4S. The van der Waals surface area contributed by atoms with E-state index in [1.165, 1.54) is 19.1 Å². The van der Waals surface area contributed by atoms with E-state index in [2.05, 4.69) is 5.32 Å². The van der Waals surface area contributed by atoms with Gasteiger partial charge in [0.2, 0.25) is 15.8 Å². The maximum Gasteiger partial charge on any atom is 0.291 e. The number of sulfonamides is 1. The van der Waals surface area contributed by atoms with Crippen molar-refractivity contribution in [2.24, 2.45) is 5.14 Å². The van der Waals surface area contributed by atoms with Gasteiger partial charge >= 0.3 is 0 Å². The van der Waals surface area contributed by atoms with Crippen LogP contribution in [-0.4, -0.2) is 20.1 Å². The molecule has 0 saturated heterocycles. The molecule has 6 nitrogen and oxygen atoms in total. The van der Waals surface area contributed by atoms with Crippen LogP contribution in [0.5, 0.6) is 0 Å². The van der Waals surface area contributed by atoms with Crippen molar-refractivity contribution in [3.8, 4) is 0 Å². The summed E-state index contributed by atoms with van der Waals surface area (Å²) in [7, 11) is -3.98. The number of nitrogens with one attached hydrogen (secondary N) is 1. The van der Waals surface area contributed by atoms with E-state index in [0.717, 1.165) is 0 Å². The molecule has 0 unspecified atom stereocenters. The molecule has 0 aliphatic heterocycles. The summed E-state index contributed by atoms with van der Waals surface area (Å²) < 4.78 is 23.2. The molecule has 0 fully saturated rings. The molecule has 0 radical (unpaired) electrons. The third kappa shape index (κ3) is 3.50. The van der Waals surface area contributed by atoms with Crippen LogP contribution in [-0.2, 0) is 19.6 Å². The van der Waals surface area contributed by atoms with Crippen molar-refractivity contribution >= 4 is 50.0 Å². The summed E-state index contributed by atoms with van der Waals surface area (Å²) in [5.41, 5.74) is 0.0104. The fourth-order valence-electron chi connectivity index (χ4n) is 1.25. The lowest BCUT2D eigenvalue weighted by molar-refractivity contribution is -0.134. The highest BCUT2D eigenvalue weighted by Gasteiger charge is 2.20. The Balaban J connectivity index is 3.23. The standard InChI is InChI=1S/C10H11IN2O4S/c1-2-8(14)10(15)13-7-5-3-4-6(11)9(7)18(12,16)17/h3-5H,2H2,1H3,(H,13,15)(H2,12,16,17). The number of hydrogen-bond acceptors (Lipinski definition) is 4. The van der Waals surface area contributed by atoms with E-state index in [0.29, 0.717) is 3.57 Å². The first-order valence-corrected chi connectivity index (χ1v) is 7.55. The molecule has 1 rings (SSSR count). The molecule has 0 bridgehead atoms. The van der Waals surface area contributed by atoms with Crippen molar-refractivity contribution in [3.63, 3.8) is 0 Å². The number of primary sulfonamides is 1. The summed E-state index contributed by atoms with van der Waals surface area (Å²) in [4.78, 5) is 22.4. The Morgan fingerprint density at radius 3 is 2.50 bits per heavy atom. The van der Waals surface area contributed by atoms with Gasteiger partial charge in [-0.2, -0.15) is 0 Å². The van der Waals surface area contributed by atoms with Gasteiger partial charge < -0.3 is 5.32 Å². The van der Waals surface area contributed by atoms with E-state index in [-0.39, 0.29) is 17.0 Å². The lowest BCUT2D eigenvalue weighted by Gasteiger charge is -2.10. The first-order valence-electron chi connectivity index (χ1n) is 4.93. The number of carbonyl (C=O) groups is 2. The third-order valence-electron chi connectivity index (χ3n) is 2.07. The fraction of sp³-hybridized carbons (Fsp3) is 0.200. The Morgan fingerprint density at radius 2 is 2.00 bits per heavy atom. The first kappa shape index (κ1) is 15.1. The highest BCUT2D eigenvalue weighted by molar-refractivity contribution is 14.1. The van der Waals surface area contributed by atoms with Crippen LogP contribution >= 0.6 is 22.6 Å². The lowest BCUT2D eigenvalue weighted by Crippen LogP contribution is -2.24. The monoisotopic (exact) mass is 382 g/mol. The maximum atomic E-state index is 11.4. The van der Waals surface area contributed by atoms with Gasteiger partial charge in [-0.3, -0.25) is 9.59 Å². The summed E-state index contributed by atoms with van der Waals surface area (Å²) in [6.45, 7) is 1.54. The van der Waals surface area contributed by atoms with E-state index in [9.17, 15) is 18.0 Å². The Kier molecular flexibility index (Phi) is 4.82. The summed E-state index contributed by atoms with van der Waals surface area (Å²) >= 11 is 1.79. The van der Waals surface area contributed by atoms with Crippen LogP contribution in [0.15, 0.2) is 23.1 Å². The zero-order valence-corrected chi connectivity index (χ0v) is 12.4. The van der Waals surface area contributed by atoms with E-state index >= 15 is 0 Å². The molecular weight excluding hydrogens is 371 g/mol. The van der Waals surface area contributed by atoms with E-state index in [1.54, 1.807) is 28.7 Å². The number of ketones is 1. The summed E-state index contributed by atoms with van der Waals surface area (Å²) in [5, 5.41) is 7.33. The molecule has 0 aliphatic carbocycles. The number of nitrogens with two attached hydrogens (primary N) is 1. The highest BCUT2D eigenvalue weighted by atomic mass is 127. The van der Waals surface area contributed by atoms with Crippen LogP contribution < -0.4 is 10.5 Å². The molecule has 18 heavy (non-hydrogen) atoms. The minimum absolute atomic E-state index is 0.0104. The minimum atomic E-state index is -3.98. The van der Waals surface area contributed by atoms with Crippen LogP contribution in [0.2, 0.25) is 0 Å². The average molecular weight is 382 g/mol. The number of hydrogen-bond donors (Lipinski definition) is 2. The number of anilines is 1. The summed E-state index contributed by atoms with van der Waals surface area (Å²) in [6, 6.07) is 4.48. The molecule has 0 aromatic heterocycles. The average Bonchev–Trinajstić information content (AvgIpc) is 2.26. The number of amides is 1. The van der Waals surface area contributed by atoms with Crippen molar-refractivity contribution in [2.75, 3.05) is 5.32 Å². The number of rotatable bonds is 4. The Morgan fingerprint density at radius 1 is 1.39 bits per heavy atom. The smallest absolute Gasteiger partial charge is 0.291 e. The van der Waals surface area contributed by atoms with Crippen LogP contribution in [0.4, 0.5) is 5.69 Å². The molecule has 1 amide bonds. The van der Waals surface area contributed by atoms with Gasteiger partial charge in [0.15, 0.2) is 0 Å². The van der Waals surface area contributed by atoms with Gasteiger partial charge in [0.1, 0.15) is 4.90 Å². The van der Waals surface area contributed by atoms with Gasteiger partial charge in [-0.15, -0.1) is 0 Å². The van der Waals surface area contributed by atoms with Gasteiger partial charge in [-0.1, -0.05) is 13.0 Å². The minimum Gasteiger partial charge on any atom is -0.318 e. The number of halogens is 1. The Labute approximate surface area is 118 Å². The molecule has 0 saturated carbocycles. The van der Waals surface area contributed by atoms with Crippen LogP contribution in [0.1, 0.15) is 13.3 Å². The lowest BCUT2D eigenvalue weighted by atomic mass is 10.2. The van der Waals surface area contributed by atoms with E-state index < -0.39 is 21.7 Å². The zero-order chi connectivity index (χ0) is 13.9. The van der Waals surface area contributed by atoms with Gasteiger partial charge in [0, 0.05) is 9.99 Å². The second kappa shape index (κ2) is 5.76. The molecule has 0 spiro atoms. The van der Waals surface area contributed by atoms with E-state index in [4.69, 9.17) is 5.14 Å². The largest absolute Gasteiger partial charge is 0.318 e. The predicted molar refractivity (Wildman–Crippen MR) is 74.5 cm³/mol. The first-order chi connectivity index (χ1) is 8.27. The highest BCUT2D eigenvalue weighted by Crippen LogP contribution is 2.25. The van der Waals surface area contributed by atoms with Crippen LogP contribution in [0.25, 0.3) is 0 Å². The van der Waals surface area contributed by atoms with Crippen molar-refractivity contribution in [2.45, 2.75) is 18.2 Å². The molecule has 3 N–H and O–H groups in total. The second-order valence-corrected chi connectivity index (χ2v) is 6.05. The number of carbonyl (C=O) groups excluding carboxylic acids is 2. The predicted octanol–water partition coefficient (Wildman–Crippen LogP) is 0.856. The van der Waals surface area contributed by atoms with Crippen molar-refractivity contribution in [1.29, 1.82) is 0 Å². The Bertz CT molecular complexity index is 598. The third-order valence-corrected chi connectivity index (χ3v) is 4.35. The van der Waals surface area contributed by atoms with Gasteiger partial charge in [0.25, 0.3) is 5.91 Å². The van der Waals surface area contributed by atoms with Gasteiger partial charge in [-0.25, -0.2) is 13.6 Å².